The summed E-state index contributed by atoms with van der Waals surface area (Å²) < 4.78 is 11.3. The Morgan fingerprint density at radius 3 is 2.66 bits per heavy atom. The van der Waals surface area contributed by atoms with Gasteiger partial charge in [-0.25, -0.2) is 0 Å². The van der Waals surface area contributed by atoms with Gasteiger partial charge in [-0.1, -0.05) is 25.9 Å². The van der Waals surface area contributed by atoms with Gasteiger partial charge in [-0.3, -0.25) is 9.89 Å². The van der Waals surface area contributed by atoms with E-state index in [2.05, 4.69) is 48.0 Å². The first kappa shape index (κ1) is 22.1. The lowest BCUT2D eigenvalue weighted by molar-refractivity contribution is -0.0824. The highest BCUT2D eigenvalue weighted by Gasteiger charge is 2.35. The summed E-state index contributed by atoms with van der Waals surface area (Å²) in [6, 6.07) is 2.02. The SMILES string of the molecule is CCNC(=NCC1CCCOC1C(C)(C)C)N1CCN(Cc2cc(C)on2)CC1. The molecule has 0 aliphatic carbocycles. The van der Waals surface area contributed by atoms with Crippen LogP contribution in [0.2, 0.25) is 0 Å². The maximum Gasteiger partial charge on any atom is 0.194 e. The van der Waals surface area contributed by atoms with Gasteiger partial charge in [0.15, 0.2) is 5.96 Å². The van der Waals surface area contributed by atoms with Gasteiger partial charge in [0.05, 0.1) is 11.8 Å². The van der Waals surface area contributed by atoms with Gasteiger partial charge in [0, 0.05) is 64.4 Å². The smallest absolute Gasteiger partial charge is 0.194 e. The van der Waals surface area contributed by atoms with Crippen molar-refractivity contribution in [2.24, 2.45) is 16.3 Å². The van der Waals surface area contributed by atoms with Crippen LogP contribution in [0.3, 0.4) is 0 Å². The van der Waals surface area contributed by atoms with Crippen molar-refractivity contribution < 1.29 is 9.26 Å². The third-order valence-corrected chi connectivity index (χ3v) is 5.84. The molecule has 2 unspecified atom stereocenters. The molecule has 3 heterocycles. The van der Waals surface area contributed by atoms with Crippen molar-refractivity contribution in [3.8, 4) is 0 Å². The molecule has 2 fully saturated rings. The van der Waals surface area contributed by atoms with E-state index in [0.29, 0.717) is 5.92 Å². The maximum absolute atomic E-state index is 6.14. The number of piperazine rings is 1. The quantitative estimate of drug-likeness (QED) is 0.600. The van der Waals surface area contributed by atoms with Crippen molar-refractivity contribution in [1.29, 1.82) is 0 Å². The Morgan fingerprint density at radius 2 is 2.03 bits per heavy atom. The predicted molar refractivity (Wildman–Crippen MR) is 116 cm³/mol. The van der Waals surface area contributed by atoms with E-state index in [-0.39, 0.29) is 11.5 Å². The number of aryl methyl sites for hydroxylation is 1. The normalized spacial score (nSPS) is 24.7. The zero-order valence-corrected chi connectivity index (χ0v) is 18.9. The highest BCUT2D eigenvalue weighted by molar-refractivity contribution is 5.80. The summed E-state index contributed by atoms with van der Waals surface area (Å²) in [5.41, 5.74) is 1.17. The number of ether oxygens (including phenoxy) is 1. The first-order chi connectivity index (χ1) is 13.9. The molecule has 29 heavy (non-hydrogen) atoms. The zero-order chi connectivity index (χ0) is 20.9. The van der Waals surface area contributed by atoms with Crippen LogP contribution in [0.4, 0.5) is 0 Å². The topological polar surface area (TPSA) is 66.1 Å². The number of guanidine groups is 1. The zero-order valence-electron chi connectivity index (χ0n) is 18.9. The number of aromatic nitrogens is 1. The molecule has 2 aliphatic rings. The number of nitrogens with zero attached hydrogens (tertiary/aromatic N) is 4. The summed E-state index contributed by atoms with van der Waals surface area (Å²) in [4.78, 5) is 9.87. The Balaban J connectivity index is 1.56. The molecule has 0 radical (unpaired) electrons. The van der Waals surface area contributed by atoms with Gasteiger partial charge < -0.3 is 19.5 Å². The molecule has 7 nitrogen and oxygen atoms in total. The summed E-state index contributed by atoms with van der Waals surface area (Å²) in [5.74, 6) is 2.41. The predicted octanol–water partition coefficient (Wildman–Crippen LogP) is 2.91. The molecule has 1 N–H and O–H groups in total. The van der Waals surface area contributed by atoms with E-state index in [1.165, 1.54) is 6.42 Å². The second-order valence-electron chi connectivity index (χ2n) is 9.45. The molecule has 0 spiro atoms. The largest absolute Gasteiger partial charge is 0.377 e. The summed E-state index contributed by atoms with van der Waals surface area (Å²) >= 11 is 0. The number of nitrogens with one attached hydrogen (secondary N) is 1. The first-order valence-corrected chi connectivity index (χ1v) is 11.2. The minimum Gasteiger partial charge on any atom is -0.377 e. The summed E-state index contributed by atoms with van der Waals surface area (Å²) in [6.45, 7) is 18.3. The highest BCUT2D eigenvalue weighted by Crippen LogP contribution is 2.34. The van der Waals surface area contributed by atoms with Crippen LogP contribution in [0, 0.1) is 18.3 Å². The molecule has 1 aromatic heterocycles. The highest BCUT2D eigenvalue weighted by atomic mass is 16.5. The van der Waals surface area contributed by atoms with Crippen LogP contribution < -0.4 is 5.32 Å². The fraction of sp³-hybridized carbons (Fsp3) is 0.818. The summed E-state index contributed by atoms with van der Waals surface area (Å²) in [5, 5.41) is 7.63. The van der Waals surface area contributed by atoms with E-state index in [9.17, 15) is 0 Å². The van der Waals surface area contributed by atoms with Gasteiger partial charge in [0.1, 0.15) is 5.76 Å². The van der Waals surface area contributed by atoms with Gasteiger partial charge in [-0.05, 0) is 32.1 Å². The van der Waals surface area contributed by atoms with Crippen molar-refractivity contribution in [2.45, 2.75) is 60.1 Å². The lowest BCUT2D eigenvalue weighted by atomic mass is 9.78. The van der Waals surface area contributed by atoms with Crippen LogP contribution in [-0.4, -0.2) is 72.9 Å². The van der Waals surface area contributed by atoms with Gasteiger partial charge in [0.25, 0.3) is 0 Å². The van der Waals surface area contributed by atoms with E-state index in [1.54, 1.807) is 0 Å². The Labute approximate surface area is 175 Å². The fourth-order valence-electron chi connectivity index (χ4n) is 4.46. The molecule has 7 heteroatoms. The van der Waals surface area contributed by atoms with Gasteiger partial charge in [-0.2, -0.15) is 0 Å². The summed E-state index contributed by atoms with van der Waals surface area (Å²) in [6.07, 6.45) is 2.63. The van der Waals surface area contributed by atoms with Crippen molar-refractivity contribution in [3.05, 3.63) is 17.5 Å². The number of hydrogen-bond acceptors (Lipinski definition) is 5. The van der Waals surface area contributed by atoms with E-state index >= 15 is 0 Å². The van der Waals surface area contributed by atoms with Gasteiger partial charge >= 0.3 is 0 Å². The van der Waals surface area contributed by atoms with Crippen LogP contribution in [-0.2, 0) is 11.3 Å². The third kappa shape index (κ3) is 6.19. The van der Waals surface area contributed by atoms with Crippen LogP contribution >= 0.6 is 0 Å². The lowest BCUT2D eigenvalue weighted by Crippen LogP contribution is -2.52. The Bertz CT molecular complexity index is 658. The first-order valence-electron chi connectivity index (χ1n) is 11.2. The Kier molecular flexibility index (Phi) is 7.57. The molecule has 3 rings (SSSR count). The summed E-state index contributed by atoms with van der Waals surface area (Å²) in [7, 11) is 0. The van der Waals surface area contributed by atoms with E-state index in [0.717, 1.165) is 76.3 Å². The minimum atomic E-state index is 0.157. The average molecular weight is 406 g/mol. The number of hydrogen-bond donors (Lipinski definition) is 1. The van der Waals surface area contributed by atoms with E-state index in [1.807, 2.05) is 13.0 Å². The van der Waals surface area contributed by atoms with Crippen LogP contribution in [0.5, 0.6) is 0 Å². The van der Waals surface area contributed by atoms with Gasteiger partial charge in [0.2, 0.25) is 0 Å². The minimum absolute atomic E-state index is 0.157. The second-order valence-corrected chi connectivity index (χ2v) is 9.45. The molecule has 1 aromatic rings. The molecule has 0 bridgehead atoms. The number of rotatable bonds is 5. The second kappa shape index (κ2) is 9.94. The maximum atomic E-state index is 6.14. The molecular formula is C22H39N5O2. The van der Waals surface area contributed by atoms with Crippen molar-refractivity contribution in [3.63, 3.8) is 0 Å². The van der Waals surface area contributed by atoms with Crippen LogP contribution in [0.15, 0.2) is 15.6 Å². The standard InChI is InChI=1S/C22H39N5O2/c1-6-23-21(24-15-18-8-7-13-28-20(18)22(3,4)5)27-11-9-26(10-12-27)16-19-14-17(2)29-25-19/h14,18,20H,6-13,15-16H2,1-5H3,(H,23,24). The monoisotopic (exact) mass is 405 g/mol. The molecule has 164 valence electrons. The molecule has 2 aliphatic heterocycles. The third-order valence-electron chi connectivity index (χ3n) is 5.84. The Hall–Kier alpha value is -1.60. The van der Waals surface area contributed by atoms with Crippen LogP contribution in [0.25, 0.3) is 0 Å². The van der Waals surface area contributed by atoms with Crippen molar-refractivity contribution >= 4 is 5.96 Å². The van der Waals surface area contributed by atoms with E-state index in [4.69, 9.17) is 14.3 Å². The lowest BCUT2D eigenvalue weighted by Gasteiger charge is -2.40. The van der Waals surface area contributed by atoms with E-state index < -0.39 is 0 Å². The van der Waals surface area contributed by atoms with Crippen molar-refractivity contribution in [1.82, 2.24) is 20.3 Å². The molecule has 0 amide bonds. The molecule has 2 saturated heterocycles. The Morgan fingerprint density at radius 1 is 1.28 bits per heavy atom. The average Bonchev–Trinajstić information content (AvgIpc) is 3.10. The van der Waals surface area contributed by atoms with Crippen molar-refractivity contribution in [2.75, 3.05) is 45.9 Å². The number of aliphatic imine (C=N–C) groups is 1. The van der Waals surface area contributed by atoms with Crippen LogP contribution in [0.1, 0.15) is 52.0 Å². The molecule has 0 aromatic carbocycles. The van der Waals surface area contributed by atoms with Gasteiger partial charge in [-0.15, -0.1) is 0 Å². The fourth-order valence-corrected chi connectivity index (χ4v) is 4.46. The molecule has 0 saturated carbocycles. The molecule has 2 atom stereocenters. The molecular weight excluding hydrogens is 366 g/mol.